The lowest BCUT2D eigenvalue weighted by Crippen LogP contribution is -2.28. The zero-order chi connectivity index (χ0) is 13.0. The third-order valence-corrected chi connectivity index (χ3v) is 3.14. The van der Waals surface area contributed by atoms with E-state index in [2.05, 4.69) is 0 Å². The van der Waals surface area contributed by atoms with Gasteiger partial charge in [0, 0.05) is 18.1 Å². The highest BCUT2D eigenvalue weighted by molar-refractivity contribution is 6.30. The molecule has 1 amide bonds. The molecule has 0 N–H and O–H groups in total. The standard InChI is InChI=1S/C14H13ClN2O/c15-13-5-3-4-11(9-13)8-12(10-16)14(18)17-6-1-2-7-17/h3-5,8-9H,1-2,6-7H2/b12-8+. The zero-order valence-corrected chi connectivity index (χ0v) is 10.7. The number of nitriles is 1. The normalized spacial score (nSPS) is 15.6. The maximum atomic E-state index is 12.1. The van der Waals surface area contributed by atoms with Gasteiger partial charge in [0.1, 0.15) is 11.6 Å². The van der Waals surface area contributed by atoms with Crippen molar-refractivity contribution in [2.45, 2.75) is 12.8 Å². The molecule has 18 heavy (non-hydrogen) atoms. The fraction of sp³-hybridized carbons (Fsp3) is 0.286. The van der Waals surface area contributed by atoms with E-state index in [1.807, 2.05) is 12.1 Å². The number of rotatable bonds is 2. The quantitative estimate of drug-likeness (QED) is 0.606. The molecule has 0 atom stereocenters. The second-order valence-corrected chi connectivity index (χ2v) is 4.66. The second kappa shape index (κ2) is 5.70. The van der Waals surface area contributed by atoms with Gasteiger partial charge >= 0.3 is 0 Å². The minimum Gasteiger partial charge on any atom is -0.338 e. The number of carbonyl (C=O) groups is 1. The largest absolute Gasteiger partial charge is 0.338 e. The van der Waals surface area contributed by atoms with Crippen LogP contribution in [0.4, 0.5) is 0 Å². The molecule has 1 saturated heterocycles. The Morgan fingerprint density at radius 2 is 2.11 bits per heavy atom. The highest BCUT2D eigenvalue weighted by Crippen LogP contribution is 2.16. The fourth-order valence-corrected chi connectivity index (χ4v) is 2.19. The molecule has 0 saturated carbocycles. The molecule has 0 unspecified atom stereocenters. The Morgan fingerprint density at radius 3 is 2.72 bits per heavy atom. The van der Waals surface area contributed by atoms with Gasteiger partial charge in [0.05, 0.1) is 0 Å². The summed E-state index contributed by atoms with van der Waals surface area (Å²) in [4.78, 5) is 13.8. The number of amides is 1. The first-order valence-corrected chi connectivity index (χ1v) is 6.25. The zero-order valence-electron chi connectivity index (χ0n) is 9.90. The molecule has 1 heterocycles. The molecule has 1 fully saturated rings. The first-order valence-electron chi connectivity index (χ1n) is 5.87. The molecule has 0 bridgehead atoms. The van der Waals surface area contributed by atoms with Crippen molar-refractivity contribution in [1.29, 1.82) is 5.26 Å². The number of halogens is 1. The highest BCUT2D eigenvalue weighted by atomic mass is 35.5. The lowest BCUT2D eigenvalue weighted by Gasteiger charge is -2.14. The SMILES string of the molecule is N#C/C(=C\c1cccc(Cl)c1)C(=O)N1CCCC1. The van der Waals surface area contributed by atoms with Crippen LogP contribution in [0.1, 0.15) is 18.4 Å². The van der Waals surface area contributed by atoms with Gasteiger partial charge in [-0.3, -0.25) is 4.79 Å². The molecule has 4 heteroatoms. The lowest BCUT2D eigenvalue weighted by molar-refractivity contribution is -0.125. The summed E-state index contributed by atoms with van der Waals surface area (Å²) in [6.45, 7) is 1.49. The Morgan fingerprint density at radius 1 is 1.39 bits per heavy atom. The molecule has 0 aromatic heterocycles. The van der Waals surface area contributed by atoms with Crippen molar-refractivity contribution in [2.24, 2.45) is 0 Å². The van der Waals surface area contributed by atoms with Gasteiger partial charge in [-0.15, -0.1) is 0 Å². The number of hydrogen-bond donors (Lipinski definition) is 0. The minimum absolute atomic E-state index is 0.166. The molecular formula is C14H13ClN2O. The molecular weight excluding hydrogens is 248 g/mol. The van der Waals surface area contributed by atoms with Gasteiger partial charge in [-0.05, 0) is 36.6 Å². The van der Waals surface area contributed by atoms with E-state index in [1.165, 1.54) is 0 Å². The van der Waals surface area contributed by atoms with Gasteiger partial charge in [0.15, 0.2) is 0 Å². The molecule has 1 aromatic rings. The van der Waals surface area contributed by atoms with Crippen LogP contribution in [0.15, 0.2) is 29.8 Å². The van der Waals surface area contributed by atoms with Crippen molar-refractivity contribution in [1.82, 2.24) is 4.90 Å². The van der Waals surface area contributed by atoms with E-state index < -0.39 is 0 Å². The summed E-state index contributed by atoms with van der Waals surface area (Å²) in [7, 11) is 0. The predicted octanol–water partition coefficient (Wildman–Crippen LogP) is 2.87. The van der Waals surface area contributed by atoms with Crippen molar-refractivity contribution < 1.29 is 4.79 Å². The second-order valence-electron chi connectivity index (χ2n) is 4.22. The average Bonchev–Trinajstić information content (AvgIpc) is 2.89. The van der Waals surface area contributed by atoms with E-state index in [1.54, 1.807) is 29.2 Å². The lowest BCUT2D eigenvalue weighted by atomic mass is 10.1. The maximum absolute atomic E-state index is 12.1. The Balaban J connectivity index is 2.23. The molecule has 3 nitrogen and oxygen atoms in total. The van der Waals surface area contributed by atoms with Crippen LogP contribution in [0.25, 0.3) is 6.08 Å². The highest BCUT2D eigenvalue weighted by Gasteiger charge is 2.21. The third-order valence-electron chi connectivity index (χ3n) is 2.90. The molecule has 0 radical (unpaired) electrons. The number of likely N-dealkylation sites (tertiary alicyclic amines) is 1. The van der Waals surface area contributed by atoms with Gasteiger partial charge in [0.25, 0.3) is 5.91 Å². The van der Waals surface area contributed by atoms with E-state index >= 15 is 0 Å². The minimum atomic E-state index is -0.185. The van der Waals surface area contributed by atoms with Crippen LogP contribution < -0.4 is 0 Å². The van der Waals surface area contributed by atoms with Crippen LogP contribution in [0.5, 0.6) is 0 Å². The first kappa shape index (κ1) is 12.7. The summed E-state index contributed by atoms with van der Waals surface area (Å²) in [5.41, 5.74) is 0.936. The smallest absolute Gasteiger partial charge is 0.264 e. The Hall–Kier alpha value is -1.79. The van der Waals surface area contributed by atoms with E-state index in [0.29, 0.717) is 5.02 Å². The molecule has 2 rings (SSSR count). The van der Waals surface area contributed by atoms with Crippen molar-refractivity contribution in [2.75, 3.05) is 13.1 Å². The Labute approximate surface area is 111 Å². The van der Waals surface area contributed by atoms with Crippen LogP contribution >= 0.6 is 11.6 Å². The monoisotopic (exact) mass is 260 g/mol. The van der Waals surface area contributed by atoms with Crippen LogP contribution in [-0.2, 0) is 4.79 Å². The number of nitrogens with zero attached hydrogens (tertiary/aromatic N) is 2. The number of carbonyl (C=O) groups excluding carboxylic acids is 1. The van der Waals surface area contributed by atoms with Gasteiger partial charge in [-0.1, -0.05) is 23.7 Å². The van der Waals surface area contributed by atoms with Crippen LogP contribution in [0.3, 0.4) is 0 Å². The molecule has 0 spiro atoms. The first-order chi connectivity index (χ1) is 8.70. The Kier molecular flexibility index (Phi) is 4.01. The number of benzene rings is 1. The predicted molar refractivity (Wildman–Crippen MR) is 70.9 cm³/mol. The van der Waals surface area contributed by atoms with Crippen LogP contribution in [0.2, 0.25) is 5.02 Å². The topological polar surface area (TPSA) is 44.1 Å². The summed E-state index contributed by atoms with van der Waals surface area (Å²) in [6.07, 6.45) is 3.62. The Bertz CT molecular complexity index is 525. The maximum Gasteiger partial charge on any atom is 0.264 e. The van der Waals surface area contributed by atoms with Gasteiger partial charge in [0.2, 0.25) is 0 Å². The van der Waals surface area contributed by atoms with Crippen molar-refractivity contribution in [3.63, 3.8) is 0 Å². The summed E-state index contributed by atoms with van der Waals surface area (Å²) in [5, 5.41) is 9.68. The van der Waals surface area contributed by atoms with Crippen LogP contribution in [-0.4, -0.2) is 23.9 Å². The summed E-state index contributed by atoms with van der Waals surface area (Å²) >= 11 is 5.87. The van der Waals surface area contributed by atoms with Gasteiger partial charge < -0.3 is 4.90 Å². The summed E-state index contributed by atoms with van der Waals surface area (Å²) in [6, 6.07) is 9.08. The van der Waals surface area contributed by atoms with E-state index in [9.17, 15) is 4.79 Å². The van der Waals surface area contributed by atoms with Crippen molar-refractivity contribution >= 4 is 23.6 Å². The fourth-order valence-electron chi connectivity index (χ4n) is 2.00. The van der Waals surface area contributed by atoms with E-state index in [0.717, 1.165) is 31.5 Å². The molecule has 1 aromatic carbocycles. The van der Waals surface area contributed by atoms with E-state index in [-0.39, 0.29) is 11.5 Å². The van der Waals surface area contributed by atoms with Crippen molar-refractivity contribution in [3.05, 3.63) is 40.4 Å². The molecule has 92 valence electrons. The van der Waals surface area contributed by atoms with Gasteiger partial charge in [-0.25, -0.2) is 0 Å². The summed E-state index contributed by atoms with van der Waals surface area (Å²) < 4.78 is 0. The third kappa shape index (κ3) is 2.91. The number of hydrogen-bond acceptors (Lipinski definition) is 2. The molecule has 1 aliphatic heterocycles. The van der Waals surface area contributed by atoms with Crippen molar-refractivity contribution in [3.8, 4) is 6.07 Å². The van der Waals surface area contributed by atoms with Gasteiger partial charge in [-0.2, -0.15) is 5.26 Å². The van der Waals surface area contributed by atoms with Crippen LogP contribution in [0, 0.1) is 11.3 Å². The average molecular weight is 261 g/mol. The summed E-state index contributed by atoms with van der Waals surface area (Å²) in [5.74, 6) is -0.185. The molecule has 0 aliphatic carbocycles. The van der Waals surface area contributed by atoms with E-state index in [4.69, 9.17) is 16.9 Å². The molecule has 1 aliphatic rings.